The van der Waals surface area contributed by atoms with Crippen LogP contribution < -0.4 is 9.04 Å². The van der Waals surface area contributed by atoms with Crippen LogP contribution in [0.25, 0.3) is 0 Å². The van der Waals surface area contributed by atoms with E-state index >= 15 is 0 Å². The number of alkyl halides is 3. The van der Waals surface area contributed by atoms with Crippen LogP contribution in [0.15, 0.2) is 30.3 Å². The van der Waals surface area contributed by atoms with Crippen molar-refractivity contribution in [3.63, 3.8) is 0 Å². The van der Waals surface area contributed by atoms with Gasteiger partial charge in [0.25, 0.3) is 0 Å². The molecule has 1 saturated carbocycles. The first-order chi connectivity index (χ1) is 16.5. The van der Waals surface area contributed by atoms with Gasteiger partial charge in [-0.1, -0.05) is 6.07 Å². The van der Waals surface area contributed by atoms with E-state index in [4.69, 9.17) is 4.74 Å². The van der Waals surface area contributed by atoms with Gasteiger partial charge in [0.2, 0.25) is 0 Å². The molecule has 5 rings (SSSR count). The van der Waals surface area contributed by atoms with Crippen LogP contribution in [0.2, 0.25) is 0 Å². The standard InChI is InChI=1S/C22H18F4N2O6S/c23-12-1-3-16(15(6-12)11-7-27(8-11)21(31)22(24,25)26)28(35(32)33)17-4-2-13-14-5-10(14)9-34-19(13)18(17)20(29)30/h1-4,6,10-11,14H,5,7-9H2,(H,29,30)(H,32,33)/p-1. The molecule has 3 aliphatic rings. The molecule has 2 aliphatic heterocycles. The lowest BCUT2D eigenvalue weighted by Crippen LogP contribution is -2.53. The summed E-state index contributed by atoms with van der Waals surface area (Å²) in [5.41, 5.74) is -0.0726. The summed E-state index contributed by atoms with van der Waals surface area (Å²) in [6.07, 6.45) is -4.24. The molecule has 0 radical (unpaired) electrons. The summed E-state index contributed by atoms with van der Waals surface area (Å²) < 4.78 is 83.4. The van der Waals surface area contributed by atoms with E-state index in [1.54, 1.807) is 6.07 Å². The Hall–Kier alpha value is -3.19. The Morgan fingerprint density at radius 3 is 2.46 bits per heavy atom. The Labute approximate surface area is 198 Å². The van der Waals surface area contributed by atoms with E-state index in [1.165, 1.54) is 6.07 Å². The van der Waals surface area contributed by atoms with Gasteiger partial charge in [-0.15, -0.1) is 0 Å². The predicted molar refractivity (Wildman–Crippen MR) is 113 cm³/mol. The molecule has 1 amide bonds. The number of benzene rings is 2. The summed E-state index contributed by atoms with van der Waals surface area (Å²) in [5, 5.41) is 9.93. The van der Waals surface area contributed by atoms with Crippen molar-refractivity contribution in [3.05, 3.63) is 52.8 Å². The van der Waals surface area contributed by atoms with Crippen LogP contribution in [0.3, 0.4) is 0 Å². The molecular formula is C22H17F4N2O6S-. The summed E-state index contributed by atoms with van der Waals surface area (Å²) >= 11 is -3.09. The quantitative estimate of drug-likeness (QED) is 0.485. The number of hydrogen-bond donors (Lipinski definition) is 1. The number of aromatic carboxylic acids is 1. The molecule has 186 valence electrons. The Bertz CT molecular complexity index is 1260. The maximum absolute atomic E-state index is 14.1. The third-order valence-corrected chi connectivity index (χ3v) is 7.26. The maximum Gasteiger partial charge on any atom is 0.471 e. The number of likely N-dealkylation sites (tertiary alicyclic amines) is 1. The van der Waals surface area contributed by atoms with Crippen molar-refractivity contribution < 1.29 is 45.8 Å². The first kappa shape index (κ1) is 23.5. The van der Waals surface area contributed by atoms with Crippen LogP contribution in [0, 0.1) is 11.7 Å². The Morgan fingerprint density at radius 2 is 1.83 bits per heavy atom. The highest BCUT2D eigenvalue weighted by Gasteiger charge is 2.48. The van der Waals surface area contributed by atoms with Crippen LogP contribution in [0.4, 0.5) is 28.9 Å². The molecule has 2 heterocycles. The lowest BCUT2D eigenvalue weighted by Gasteiger charge is -2.41. The normalized spacial score (nSPS) is 21.8. The molecule has 35 heavy (non-hydrogen) atoms. The first-order valence-corrected chi connectivity index (χ1v) is 11.6. The molecule has 3 unspecified atom stereocenters. The van der Waals surface area contributed by atoms with Gasteiger partial charge in [0, 0.05) is 24.9 Å². The lowest BCUT2D eigenvalue weighted by molar-refractivity contribution is -0.189. The van der Waals surface area contributed by atoms with Gasteiger partial charge in [0.1, 0.15) is 17.1 Å². The third-order valence-electron chi connectivity index (χ3n) is 6.57. The van der Waals surface area contributed by atoms with Crippen LogP contribution in [0.5, 0.6) is 5.75 Å². The number of nitrogens with zero attached hydrogens (tertiary/aromatic N) is 2. The van der Waals surface area contributed by atoms with Crippen molar-refractivity contribution >= 4 is 34.5 Å². The second-order valence-electron chi connectivity index (χ2n) is 8.72. The van der Waals surface area contributed by atoms with Crippen molar-refractivity contribution in [1.82, 2.24) is 4.90 Å². The number of hydrogen-bond acceptors (Lipinski definition) is 5. The maximum atomic E-state index is 14.1. The average molecular weight is 513 g/mol. The summed E-state index contributed by atoms with van der Waals surface area (Å²) in [5.74, 6) is -4.57. The molecule has 1 saturated heterocycles. The van der Waals surface area contributed by atoms with Crippen LogP contribution >= 0.6 is 0 Å². The van der Waals surface area contributed by atoms with Gasteiger partial charge >= 0.3 is 18.1 Å². The van der Waals surface area contributed by atoms with Gasteiger partial charge < -0.3 is 19.3 Å². The number of carbonyl (C=O) groups is 2. The predicted octanol–water partition coefficient (Wildman–Crippen LogP) is 3.44. The fraction of sp³-hybridized carbons (Fsp3) is 0.364. The van der Waals surface area contributed by atoms with Gasteiger partial charge in [-0.25, -0.2) is 9.18 Å². The number of carbonyl (C=O) groups excluding carboxylic acids is 1. The van der Waals surface area contributed by atoms with Gasteiger partial charge in [-0.05, 0) is 47.7 Å². The third kappa shape index (κ3) is 4.01. The lowest BCUT2D eigenvalue weighted by atomic mass is 9.89. The fourth-order valence-electron chi connectivity index (χ4n) is 4.76. The highest BCUT2D eigenvalue weighted by molar-refractivity contribution is 7.81. The Morgan fingerprint density at radius 1 is 1.14 bits per heavy atom. The van der Waals surface area contributed by atoms with E-state index in [0.717, 1.165) is 24.6 Å². The second-order valence-corrected chi connectivity index (χ2v) is 9.52. The molecule has 3 atom stereocenters. The number of anilines is 2. The van der Waals surface area contributed by atoms with E-state index in [2.05, 4.69) is 0 Å². The zero-order valence-corrected chi connectivity index (χ0v) is 18.6. The summed E-state index contributed by atoms with van der Waals surface area (Å²) in [6, 6.07) is 5.96. The number of carboxylic acid groups (broad SMARTS) is 1. The first-order valence-electron chi connectivity index (χ1n) is 10.6. The van der Waals surface area contributed by atoms with Gasteiger partial charge in [0.15, 0.2) is 0 Å². The highest BCUT2D eigenvalue weighted by Crippen LogP contribution is 2.56. The number of carboxylic acids is 1. The van der Waals surface area contributed by atoms with E-state index in [-0.39, 0.29) is 40.1 Å². The molecular weight excluding hydrogens is 496 g/mol. The monoisotopic (exact) mass is 513 g/mol. The Kier molecular flexibility index (Phi) is 5.51. The summed E-state index contributed by atoms with van der Waals surface area (Å²) in [7, 11) is 0. The molecule has 2 aromatic rings. The van der Waals surface area contributed by atoms with Crippen LogP contribution in [-0.2, 0) is 16.1 Å². The minimum atomic E-state index is -5.07. The van der Waals surface area contributed by atoms with Crippen molar-refractivity contribution in [3.8, 4) is 5.75 Å². The SMILES string of the molecule is O=C(O)c1c(N(c2ccc(F)cc2C2CN(C(=O)C(F)(F)F)C2)S(=O)[O-])ccc2c1OCC1CC21. The number of ether oxygens (including phenoxy) is 1. The van der Waals surface area contributed by atoms with Gasteiger partial charge in [0.05, 0.1) is 29.2 Å². The molecule has 1 aliphatic carbocycles. The number of halogens is 4. The van der Waals surface area contributed by atoms with Gasteiger partial charge in [-0.2, -0.15) is 13.2 Å². The average Bonchev–Trinajstić information content (AvgIpc) is 3.53. The van der Waals surface area contributed by atoms with E-state index in [1.807, 2.05) is 0 Å². The molecule has 8 nitrogen and oxygen atoms in total. The summed E-state index contributed by atoms with van der Waals surface area (Å²) in [6.45, 7) is -0.513. The number of rotatable bonds is 5. The van der Waals surface area contributed by atoms with E-state index in [0.29, 0.717) is 21.4 Å². The number of amides is 1. The van der Waals surface area contributed by atoms with E-state index < -0.39 is 54.1 Å². The molecule has 0 spiro atoms. The highest BCUT2D eigenvalue weighted by atomic mass is 32.2. The Balaban J connectivity index is 1.56. The van der Waals surface area contributed by atoms with Crippen LogP contribution in [0.1, 0.15) is 39.7 Å². The van der Waals surface area contributed by atoms with Crippen molar-refractivity contribution in [2.75, 3.05) is 24.0 Å². The minimum Gasteiger partial charge on any atom is -0.755 e. The van der Waals surface area contributed by atoms with Crippen molar-refractivity contribution in [2.45, 2.75) is 24.4 Å². The topological polar surface area (TPSA) is 110 Å². The van der Waals surface area contributed by atoms with E-state index in [9.17, 15) is 41.0 Å². The minimum absolute atomic E-state index is 0.0256. The smallest absolute Gasteiger partial charge is 0.471 e. The molecule has 2 aromatic carbocycles. The van der Waals surface area contributed by atoms with Gasteiger partial charge in [-0.3, -0.25) is 13.3 Å². The molecule has 0 aromatic heterocycles. The molecule has 2 fully saturated rings. The largest absolute Gasteiger partial charge is 0.755 e. The molecule has 13 heteroatoms. The fourth-order valence-corrected chi connectivity index (χ4v) is 5.40. The summed E-state index contributed by atoms with van der Waals surface area (Å²) in [4.78, 5) is 24.2. The second kappa shape index (κ2) is 8.19. The van der Waals surface area contributed by atoms with Crippen molar-refractivity contribution in [1.29, 1.82) is 0 Å². The zero-order chi connectivity index (χ0) is 25.2. The zero-order valence-electron chi connectivity index (χ0n) is 17.8. The van der Waals surface area contributed by atoms with Crippen LogP contribution in [-0.4, -0.2) is 56.5 Å². The molecule has 0 bridgehead atoms. The molecule has 1 N–H and O–H groups in total. The van der Waals surface area contributed by atoms with Crippen molar-refractivity contribution in [2.24, 2.45) is 5.92 Å². The number of fused-ring (bicyclic) bond motifs is 3.